The molecule has 0 saturated carbocycles. The molecule has 1 unspecified atom stereocenters. The molecule has 0 radical (unpaired) electrons. The van der Waals surface area contributed by atoms with E-state index in [-0.39, 0.29) is 11.7 Å². The van der Waals surface area contributed by atoms with E-state index in [2.05, 4.69) is 12.2 Å². The molecule has 1 aliphatic rings. The Morgan fingerprint density at radius 2 is 2.35 bits per heavy atom. The summed E-state index contributed by atoms with van der Waals surface area (Å²) in [6.45, 7) is 6.25. The molecular weight excluding hydrogens is 275 g/mol. The normalized spacial score (nSPS) is 18.9. The van der Waals surface area contributed by atoms with Crippen molar-refractivity contribution in [3.05, 3.63) is 29.6 Å². The Kier molecular flexibility index (Phi) is 5.29. The van der Waals surface area contributed by atoms with Gasteiger partial charge < -0.3 is 10.2 Å². The number of rotatable bonds is 4. The van der Waals surface area contributed by atoms with Gasteiger partial charge in [0.25, 0.3) is 5.91 Å². The maximum atomic E-state index is 13.9. The number of carbonyl (C=O) groups excluding carboxylic acids is 1. The van der Waals surface area contributed by atoms with Crippen molar-refractivity contribution >= 4 is 23.4 Å². The number of nitrogens with one attached hydrogen (secondary N) is 1. The largest absolute Gasteiger partial charge is 0.382 e. The molecule has 1 aromatic carbocycles. The van der Waals surface area contributed by atoms with Crippen molar-refractivity contribution in [3.63, 3.8) is 0 Å². The average molecular weight is 296 g/mol. The highest BCUT2D eigenvalue weighted by atomic mass is 32.2. The number of para-hydroxylation sites is 1. The van der Waals surface area contributed by atoms with Crippen LogP contribution in [0.2, 0.25) is 0 Å². The Labute approximate surface area is 123 Å². The average Bonchev–Trinajstić information content (AvgIpc) is 2.45. The van der Waals surface area contributed by atoms with Crippen LogP contribution >= 0.6 is 11.8 Å². The number of thioether (sulfide) groups is 1. The van der Waals surface area contributed by atoms with Crippen LogP contribution in [0.5, 0.6) is 0 Å². The summed E-state index contributed by atoms with van der Waals surface area (Å²) in [7, 11) is 0. The predicted molar refractivity (Wildman–Crippen MR) is 83.0 cm³/mol. The zero-order chi connectivity index (χ0) is 14.5. The van der Waals surface area contributed by atoms with Crippen LogP contribution in [0.15, 0.2) is 18.2 Å². The van der Waals surface area contributed by atoms with E-state index in [0.29, 0.717) is 23.0 Å². The number of nitrogens with zero attached hydrogens (tertiary/aromatic N) is 1. The fourth-order valence-electron chi connectivity index (χ4n) is 2.31. The second kappa shape index (κ2) is 6.97. The molecule has 0 spiro atoms. The third-order valence-corrected chi connectivity index (χ3v) is 4.46. The van der Waals surface area contributed by atoms with Gasteiger partial charge in [-0.15, -0.1) is 0 Å². The van der Waals surface area contributed by atoms with Crippen molar-refractivity contribution in [1.82, 2.24) is 4.90 Å². The number of hydrogen-bond donors (Lipinski definition) is 1. The van der Waals surface area contributed by atoms with E-state index in [9.17, 15) is 9.18 Å². The van der Waals surface area contributed by atoms with Crippen molar-refractivity contribution in [1.29, 1.82) is 0 Å². The Morgan fingerprint density at radius 1 is 1.55 bits per heavy atom. The van der Waals surface area contributed by atoms with Crippen molar-refractivity contribution < 1.29 is 9.18 Å². The second-order valence-electron chi connectivity index (χ2n) is 5.02. The maximum absolute atomic E-state index is 13.9. The molecule has 1 aliphatic heterocycles. The highest BCUT2D eigenvalue weighted by molar-refractivity contribution is 7.99. The zero-order valence-corrected chi connectivity index (χ0v) is 12.8. The lowest BCUT2D eigenvalue weighted by Crippen LogP contribution is -2.41. The molecule has 20 heavy (non-hydrogen) atoms. The van der Waals surface area contributed by atoms with Gasteiger partial charge >= 0.3 is 0 Å². The van der Waals surface area contributed by atoms with E-state index in [0.717, 1.165) is 25.3 Å². The van der Waals surface area contributed by atoms with Crippen LogP contribution in [-0.2, 0) is 0 Å². The number of benzene rings is 1. The molecule has 1 heterocycles. The Bertz CT molecular complexity index is 481. The quantitative estimate of drug-likeness (QED) is 0.926. The van der Waals surface area contributed by atoms with Crippen molar-refractivity contribution in [2.75, 3.05) is 30.7 Å². The third kappa shape index (κ3) is 3.45. The van der Waals surface area contributed by atoms with Gasteiger partial charge in [0.2, 0.25) is 0 Å². The number of anilines is 1. The van der Waals surface area contributed by atoms with E-state index in [1.165, 1.54) is 6.07 Å². The minimum absolute atomic E-state index is 0.0738. The van der Waals surface area contributed by atoms with Gasteiger partial charge in [-0.2, -0.15) is 11.8 Å². The van der Waals surface area contributed by atoms with E-state index in [1.807, 2.05) is 23.6 Å². The van der Waals surface area contributed by atoms with Crippen LogP contribution in [-0.4, -0.2) is 41.4 Å². The third-order valence-electron chi connectivity index (χ3n) is 3.32. The first-order valence-corrected chi connectivity index (χ1v) is 8.11. The smallest absolute Gasteiger partial charge is 0.256 e. The molecule has 1 aromatic rings. The fourth-order valence-corrected chi connectivity index (χ4v) is 3.32. The van der Waals surface area contributed by atoms with Crippen molar-refractivity contribution in [3.8, 4) is 0 Å². The van der Waals surface area contributed by atoms with Crippen molar-refractivity contribution in [2.45, 2.75) is 25.5 Å². The van der Waals surface area contributed by atoms with Gasteiger partial charge in [-0.25, -0.2) is 4.39 Å². The molecule has 1 saturated heterocycles. The summed E-state index contributed by atoms with van der Waals surface area (Å²) < 4.78 is 13.9. The first-order chi connectivity index (χ1) is 9.63. The lowest BCUT2D eigenvalue weighted by atomic mass is 10.1. The highest BCUT2D eigenvalue weighted by Crippen LogP contribution is 2.24. The van der Waals surface area contributed by atoms with Gasteiger partial charge in [-0.1, -0.05) is 19.9 Å². The molecule has 5 heteroatoms. The number of hydrogen-bond acceptors (Lipinski definition) is 3. The van der Waals surface area contributed by atoms with Crippen LogP contribution in [0.25, 0.3) is 0 Å². The Morgan fingerprint density at radius 3 is 3.05 bits per heavy atom. The zero-order valence-electron chi connectivity index (χ0n) is 12.0. The molecule has 2 rings (SSSR count). The van der Waals surface area contributed by atoms with Gasteiger partial charge in [-0.3, -0.25) is 4.79 Å². The standard InChI is InChI=1S/C15H21FN2OS/c1-3-7-17-14-12(5-4-6-13(14)16)15(19)18-8-9-20-11(2)10-18/h4-6,11,17H,3,7-10H2,1-2H3. The number of halogens is 1. The molecule has 0 aromatic heterocycles. The summed E-state index contributed by atoms with van der Waals surface area (Å²) in [5.74, 6) is 0.513. The van der Waals surface area contributed by atoms with Gasteiger partial charge in [0.05, 0.1) is 11.3 Å². The molecule has 1 N–H and O–H groups in total. The Hall–Kier alpha value is -1.23. The van der Waals surface area contributed by atoms with Crippen LogP contribution < -0.4 is 5.32 Å². The van der Waals surface area contributed by atoms with Gasteiger partial charge in [-0.05, 0) is 18.6 Å². The summed E-state index contributed by atoms with van der Waals surface area (Å²) in [6.07, 6.45) is 0.888. The SMILES string of the molecule is CCCNc1c(F)cccc1C(=O)N1CCSC(C)C1. The minimum atomic E-state index is -0.358. The summed E-state index contributed by atoms with van der Waals surface area (Å²) in [6, 6.07) is 4.70. The molecule has 0 bridgehead atoms. The molecule has 110 valence electrons. The van der Waals surface area contributed by atoms with Gasteiger partial charge in [0.15, 0.2) is 0 Å². The Balaban J connectivity index is 2.22. The molecule has 1 fully saturated rings. The predicted octanol–water partition coefficient (Wildman–Crippen LogP) is 3.23. The monoisotopic (exact) mass is 296 g/mol. The molecule has 3 nitrogen and oxygen atoms in total. The highest BCUT2D eigenvalue weighted by Gasteiger charge is 2.25. The van der Waals surface area contributed by atoms with Crippen LogP contribution in [0.3, 0.4) is 0 Å². The maximum Gasteiger partial charge on any atom is 0.256 e. The summed E-state index contributed by atoms with van der Waals surface area (Å²) in [5, 5.41) is 3.47. The van der Waals surface area contributed by atoms with Gasteiger partial charge in [0, 0.05) is 30.6 Å². The molecular formula is C15H21FN2OS. The lowest BCUT2D eigenvalue weighted by Gasteiger charge is -2.31. The van der Waals surface area contributed by atoms with Gasteiger partial charge in [0.1, 0.15) is 5.82 Å². The second-order valence-corrected chi connectivity index (χ2v) is 6.57. The first-order valence-electron chi connectivity index (χ1n) is 7.06. The molecule has 1 amide bonds. The molecule has 1 atom stereocenters. The number of amides is 1. The van der Waals surface area contributed by atoms with E-state index in [4.69, 9.17) is 0 Å². The van der Waals surface area contributed by atoms with E-state index < -0.39 is 0 Å². The van der Waals surface area contributed by atoms with Crippen LogP contribution in [0.1, 0.15) is 30.6 Å². The number of carbonyl (C=O) groups is 1. The summed E-state index contributed by atoms with van der Waals surface area (Å²) in [4.78, 5) is 14.4. The first kappa shape index (κ1) is 15.2. The topological polar surface area (TPSA) is 32.3 Å². The van der Waals surface area contributed by atoms with E-state index >= 15 is 0 Å². The minimum Gasteiger partial charge on any atom is -0.382 e. The summed E-state index contributed by atoms with van der Waals surface area (Å²) in [5.41, 5.74) is 0.780. The molecule has 0 aliphatic carbocycles. The van der Waals surface area contributed by atoms with Crippen molar-refractivity contribution in [2.24, 2.45) is 0 Å². The van der Waals surface area contributed by atoms with Crippen LogP contribution in [0, 0.1) is 5.82 Å². The van der Waals surface area contributed by atoms with E-state index in [1.54, 1.807) is 12.1 Å². The summed E-state index contributed by atoms with van der Waals surface area (Å²) >= 11 is 1.87. The fraction of sp³-hybridized carbons (Fsp3) is 0.533. The lowest BCUT2D eigenvalue weighted by molar-refractivity contribution is 0.0763. The van der Waals surface area contributed by atoms with Crippen LogP contribution in [0.4, 0.5) is 10.1 Å².